The highest BCUT2D eigenvalue weighted by molar-refractivity contribution is 7.89. The number of aryl methyl sites for hydroxylation is 1. The molecule has 1 saturated heterocycles. The molecule has 2 aromatic rings. The Kier molecular flexibility index (Phi) is 5.87. The van der Waals surface area contributed by atoms with Crippen LogP contribution in [0.2, 0.25) is 0 Å². The fourth-order valence-electron chi connectivity index (χ4n) is 2.83. The SMILES string of the molecule is Cc1ccc([N+](=O)[O-])cc1S(=O)(=O)N1CCN(C(=O)/C=C/c2nccs2)CC1. The standard InChI is InChI=1S/C17H18N4O5S2/c1-13-2-3-14(21(23)24)12-15(13)28(25,26)20-9-7-19(8-10-20)17(22)5-4-16-18-6-11-27-16/h2-6,11-12H,7-10H2,1H3/b5-4+. The number of piperazine rings is 1. The quantitative estimate of drug-likeness (QED) is 0.413. The van der Waals surface area contributed by atoms with Crippen LogP contribution in [0, 0.1) is 17.0 Å². The molecule has 148 valence electrons. The zero-order valence-corrected chi connectivity index (χ0v) is 16.6. The number of aromatic nitrogens is 1. The Balaban J connectivity index is 1.69. The van der Waals surface area contributed by atoms with E-state index < -0.39 is 14.9 Å². The second-order valence-electron chi connectivity index (χ2n) is 6.14. The van der Waals surface area contributed by atoms with Crippen LogP contribution >= 0.6 is 11.3 Å². The van der Waals surface area contributed by atoms with Crippen LogP contribution in [0.25, 0.3) is 6.08 Å². The molecule has 0 aliphatic carbocycles. The maximum atomic E-state index is 12.9. The van der Waals surface area contributed by atoms with Crippen molar-refractivity contribution in [1.82, 2.24) is 14.2 Å². The fraction of sp³-hybridized carbons (Fsp3) is 0.294. The molecule has 1 aromatic heterocycles. The molecule has 0 spiro atoms. The number of nitro groups is 1. The van der Waals surface area contributed by atoms with Gasteiger partial charge in [-0.3, -0.25) is 14.9 Å². The highest BCUT2D eigenvalue weighted by Crippen LogP contribution is 2.25. The van der Waals surface area contributed by atoms with Crippen LogP contribution in [0.1, 0.15) is 10.6 Å². The molecule has 0 bridgehead atoms. The molecule has 0 atom stereocenters. The lowest BCUT2D eigenvalue weighted by Gasteiger charge is -2.33. The average molecular weight is 422 g/mol. The largest absolute Gasteiger partial charge is 0.337 e. The normalized spacial score (nSPS) is 15.8. The number of carbonyl (C=O) groups excluding carboxylic acids is 1. The van der Waals surface area contributed by atoms with Gasteiger partial charge in [-0.2, -0.15) is 4.31 Å². The Morgan fingerprint density at radius 1 is 1.29 bits per heavy atom. The molecule has 0 N–H and O–H groups in total. The molecule has 0 unspecified atom stereocenters. The van der Waals surface area contributed by atoms with Crippen molar-refractivity contribution in [1.29, 1.82) is 0 Å². The average Bonchev–Trinajstić information content (AvgIpc) is 3.20. The predicted molar refractivity (Wildman–Crippen MR) is 104 cm³/mol. The van der Waals surface area contributed by atoms with Gasteiger partial charge in [0, 0.05) is 56.0 Å². The number of thiazole rings is 1. The van der Waals surface area contributed by atoms with Crippen LogP contribution in [0.3, 0.4) is 0 Å². The summed E-state index contributed by atoms with van der Waals surface area (Å²) in [5.74, 6) is -0.209. The number of non-ortho nitro benzene ring substituents is 1. The third-order valence-electron chi connectivity index (χ3n) is 4.37. The Morgan fingerprint density at radius 2 is 2.00 bits per heavy atom. The van der Waals surface area contributed by atoms with Gasteiger partial charge in [-0.25, -0.2) is 13.4 Å². The van der Waals surface area contributed by atoms with E-state index in [1.165, 1.54) is 33.9 Å². The number of amides is 1. The zero-order chi connectivity index (χ0) is 20.3. The van der Waals surface area contributed by atoms with Gasteiger partial charge in [0.25, 0.3) is 5.69 Å². The van der Waals surface area contributed by atoms with Gasteiger partial charge in [0.05, 0.1) is 9.82 Å². The summed E-state index contributed by atoms with van der Waals surface area (Å²) in [5.41, 5.74) is 0.167. The number of nitrogens with zero attached hydrogens (tertiary/aromatic N) is 4. The monoisotopic (exact) mass is 422 g/mol. The van der Waals surface area contributed by atoms with Gasteiger partial charge in [-0.15, -0.1) is 11.3 Å². The van der Waals surface area contributed by atoms with Crippen LogP contribution in [-0.2, 0) is 14.8 Å². The van der Waals surface area contributed by atoms with E-state index in [0.29, 0.717) is 5.56 Å². The van der Waals surface area contributed by atoms with Gasteiger partial charge in [0.2, 0.25) is 15.9 Å². The fourth-order valence-corrected chi connectivity index (χ4v) is 5.03. The van der Waals surface area contributed by atoms with E-state index in [9.17, 15) is 23.3 Å². The second-order valence-corrected chi connectivity index (χ2v) is 8.97. The molecule has 1 amide bonds. The Morgan fingerprint density at radius 3 is 2.61 bits per heavy atom. The lowest BCUT2D eigenvalue weighted by molar-refractivity contribution is -0.385. The molecule has 1 aliphatic rings. The number of carbonyl (C=O) groups is 1. The summed E-state index contributed by atoms with van der Waals surface area (Å²) < 4.78 is 27.1. The van der Waals surface area contributed by atoms with Gasteiger partial charge in [0.15, 0.2) is 0 Å². The number of hydrogen-bond donors (Lipinski definition) is 0. The Bertz CT molecular complexity index is 1010. The third kappa shape index (κ3) is 4.26. The number of hydrogen-bond acceptors (Lipinski definition) is 7. The molecule has 9 nitrogen and oxygen atoms in total. The summed E-state index contributed by atoms with van der Waals surface area (Å²) in [7, 11) is -3.88. The first-order chi connectivity index (χ1) is 13.3. The van der Waals surface area contributed by atoms with Gasteiger partial charge in [-0.05, 0) is 18.6 Å². The number of benzene rings is 1. The second kappa shape index (κ2) is 8.17. The van der Waals surface area contributed by atoms with Crippen LogP contribution in [0.15, 0.2) is 40.7 Å². The van der Waals surface area contributed by atoms with Gasteiger partial charge >= 0.3 is 0 Å². The van der Waals surface area contributed by atoms with Crippen LogP contribution in [0.5, 0.6) is 0 Å². The van der Waals surface area contributed by atoms with Crippen molar-refractivity contribution in [3.05, 3.63) is 56.5 Å². The Hall–Kier alpha value is -2.63. The molecule has 0 radical (unpaired) electrons. The minimum atomic E-state index is -3.88. The molecule has 0 saturated carbocycles. The zero-order valence-electron chi connectivity index (χ0n) is 15.0. The van der Waals surface area contributed by atoms with Gasteiger partial charge < -0.3 is 4.90 Å². The van der Waals surface area contributed by atoms with Crippen molar-refractivity contribution in [3.63, 3.8) is 0 Å². The van der Waals surface area contributed by atoms with Gasteiger partial charge in [-0.1, -0.05) is 6.07 Å². The van der Waals surface area contributed by atoms with E-state index in [1.807, 2.05) is 5.38 Å². The first kappa shape index (κ1) is 20.1. The molecular formula is C17H18N4O5S2. The molecule has 2 heterocycles. The summed E-state index contributed by atoms with van der Waals surface area (Å²) in [6, 6.07) is 3.78. The van der Waals surface area contributed by atoms with Crippen LogP contribution in [0.4, 0.5) is 5.69 Å². The van der Waals surface area contributed by atoms with Crippen molar-refractivity contribution < 1.29 is 18.1 Å². The summed E-state index contributed by atoms with van der Waals surface area (Å²) >= 11 is 1.41. The Labute approximate surface area is 166 Å². The molecule has 28 heavy (non-hydrogen) atoms. The molecule has 1 fully saturated rings. The molecular weight excluding hydrogens is 404 g/mol. The topological polar surface area (TPSA) is 114 Å². The lowest BCUT2D eigenvalue weighted by Crippen LogP contribution is -2.50. The third-order valence-corrected chi connectivity index (χ3v) is 7.15. The summed E-state index contributed by atoms with van der Waals surface area (Å²) in [6.07, 6.45) is 4.70. The molecule has 1 aromatic carbocycles. The predicted octanol–water partition coefficient (Wildman–Crippen LogP) is 1.91. The maximum absolute atomic E-state index is 12.9. The van der Waals surface area contributed by atoms with E-state index in [2.05, 4.69) is 4.98 Å². The highest BCUT2D eigenvalue weighted by Gasteiger charge is 2.31. The molecule has 3 rings (SSSR count). The first-order valence-electron chi connectivity index (χ1n) is 8.41. The summed E-state index contributed by atoms with van der Waals surface area (Å²) in [5, 5.41) is 13.5. The van der Waals surface area contributed by atoms with E-state index in [0.717, 1.165) is 11.1 Å². The smallest absolute Gasteiger partial charge is 0.270 e. The van der Waals surface area contributed by atoms with Gasteiger partial charge in [0.1, 0.15) is 5.01 Å². The molecule has 11 heteroatoms. The van der Waals surface area contributed by atoms with Crippen molar-refractivity contribution >= 4 is 39.0 Å². The van der Waals surface area contributed by atoms with E-state index in [4.69, 9.17) is 0 Å². The summed E-state index contributed by atoms with van der Waals surface area (Å²) in [6.45, 7) is 2.34. The van der Waals surface area contributed by atoms with Crippen molar-refractivity contribution in [3.8, 4) is 0 Å². The highest BCUT2D eigenvalue weighted by atomic mass is 32.2. The minimum absolute atomic E-state index is 0.0786. The van der Waals surface area contributed by atoms with E-state index >= 15 is 0 Å². The van der Waals surface area contributed by atoms with E-state index in [1.54, 1.807) is 24.1 Å². The number of rotatable bonds is 5. The van der Waals surface area contributed by atoms with Crippen molar-refractivity contribution in [2.75, 3.05) is 26.2 Å². The van der Waals surface area contributed by atoms with Crippen LogP contribution < -0.4 is 0 Å². The van der Waals surface area contributed by atoms with Crippen molar-refractivity contribution in [2.24, 2.45) is 0 Å². The number of sulfonamides is 1. The first-order valence-corrected chi connectivity index (χ1v) is 10.7. The summed E-state index contributed by atoms with van der Waals surface area (Å²) in [4.78, 5) is 28.2. The van der Waals surface area contributed by atoms with E-state index in [-0.39, 0.29) is 42.7 Å². The lowest BCUT2D eigenvalue weighted by atomic mass is 10.2. The maximum Gasteiger partial charge on any atom is 0.270 e. The molecule has 1 aliphatic heterocycles. The number of nitro benzene ring substituents is 1. The van der Waals surface area contributed by atoms with Crippen molar-refractivity contribution in [2.45, 2.75) is 11.8 Å². The minimum Gasteiger partial charge on any atom is -0.337 e. The van der Waals surface area contributed by atoms with Crippen LogP contribution in [-0.4, -0.2) is 59.6 Å².